The number of aromatic nitrogens is 2. The van der Waals surface area contributed by atoms with Crippen molar-refractivity contribution in [3.05, 3.63) is 46.7 Å². The third-order valence-corrected chi connectivity index (χ3v) is 3.59. The number of guanidine groups is 1. The highest BCUT2D eigenvalue weighted by molar-refractivity contribution is 9.10. The number of halogens is 1. The number of rotatable bonds is 6. The third kappa shape index (κ3) is 5.07. The lowest BCUT2D eigenvalue weighted by molar-refractivity contribution is 0.322. The molecular formula is C15H20BrN5O. The summed E-state index contributed by atoms with van der Waals surface area (Å²) in [5.41, 5.74) is 1.09. The lowest BCUT2D eigenvalue weighted by atomic mass is 10.3. The zero-order valence-electron chi connectivity index (χ0n) is 12.7. The Bertz CT molecular complexity index is 609. The molecule has 0 saturated heterocycles. The van der Waals surface area contributed by atoms with Crippen LogP contribution in [0.5, 0.6) is 5.75 Å². The number of nitrogens with one attached hydrogen (secondary N) is 2. The number of hydrogen-bond donors (Lipinski definition) is 2. The van der Waals surface area contributed by atoms with E-state index in [-0.39, 0.29) is 0 Å². The normalized spacial score (nSPS) is 11.3. The Morgan fingerprint density at radius 1 is 1.27 bits per heavy atom. The van der Waals surface area contributed by atoms with E-state index in [1.165, 1.54) is 0 Å². The van der Waals surface area contributed by atoms with Gasteiger partial charge in [-0.1, -0.05) is 15.9 Å². The Labute approximate surface area is 138 Å². The maximum absolute atomic E-state index is 5.65. The second-order valence-corrected chi connectivity index (χ2v) is 5.52. The molecule has 1 aromatic heterocycles. The molecule has 7 heteroatoms. The van der Waals surface area contributed by atoms with E-state index in [0.717, 1.165) is 21.9 Å². The molecule has 0 atom stereocenters. The lowest BCUT2D eigenvalue weighted by Gasteiger charge is -2.12. The van der Waals surface area contributed by atoms with E-state index in [2.05, 4.69) is 36.7 Å². The molecule has 118 valence electrons. The van der Waals surface area contributed by atoms with Gasteiger partial charge in [0.2, 0.25) is 0 Å². The summed E-state index contributed by atoms with van der Waals surface area (Å²) in [6, 6.07) is 9.74. The van der Waals surface area contributed by atoms with Crippen molar-refractivity contribution in [3.63, 3.8) is 0 Å². The second-order valence-electron chi connectivity index (χ2n) is 4.60. The fourth-order valence-electron chi connectivity index (χ4n) is 1.84. The molecule has 0 bridgehead atoms. The van der Waals surface area contributed by atoms with Crippen molar-refractivity contribution >= 4 is 21.9 Å². The molecule has 0 saturated carbocycles. The van der Waals surface area contributed by atoms with Gasteiger partial charge in [-0.05, 0) is 30.3 Å². The van der Waals surface area contributed by atoms with Crippen LogP contribution in [0.3, 0.4) is 0 Å². The molecular weight excluding hydrogens is 346 g/mol. The fourth-order valence-corrected chi connectivity index (χ4v) is 2.10. The monoisotopic (exact) mass is 365 g/mol. The van der Waals surface area contributed by atoms with Crippen molar-refractivity contribution in [1.82, 2.24) is 20.4 Å². The van der Waals surface area contributed by atoms with Crippen LogP contribution in [0.15, 0.2) is 46.0 Å². The van der Waals surface area contributed by atoms with Crippen LogP contribution in [0.1, 0.15) is 5.69 Å². The van der Waals surface area contributed by atoms with E-state index in [1.54, 1.807) is 13.2 Å². The zero-order valence-corrected chi connectivity index (χ0v) is 14.3. The van der Waals surface area contributed by atoms with Gasteiger partial charge in [0.1, 0.15) is 12.4 Å². The van der Waals surface area contributed by atoms with Crippen LogP contribution < -0.4 is 15.4 Å². The van der Waals surface area contributed by atoms with Crippen molar-refractivity contribution in [2.75, 3.05) is 20.2 Å². The SMILES string of the molecule is CN=C(NCCOc1ccc(Br)cc1)NCc1ccnn1C. The molecule has 1 aromatic carbocycles. The first-order valence-electron chi connectivity index (χ1n) is 6.99. The molecule has 0 aliphatic carbocycles. The van der Waals surface area contributed by atoms with Crippen LogP contribution in [0, 0.1) is 0 Å². The molecule has 0 aliphatic heterocycles. The minimum Gasteiger partial charge on any atom is -0.492 e. The summed E-state index contributed by atoms with van der Waals surface area (Å²) in [7, 11) is 3.66. The second kappa shape index (κ2) is 8.43. The van der Waals surface area contributed by atoms with Crippen molar-refractivity contribution in [2.24, 2.45) is 12.0 Å². The molecule has 0 spiro atoms. The summed E-state index contributed by atoms with van der Waals surface area (Å²) < 4.78 is 8.52. The van der Waals surface area contributed by atoms with Crippen molar-refractivity contribution in [1.29, 1.82) is 0 Å². The number of benzene rings is 1. The number of aliphatic imine (C=N–C) groups is 1. The molecule has 6 nitrogen and oxygen atoms in total. The van der Waals surface area contributed by atoms with Crippen LogP contribution in [0.2, 0.25) is 0 Å². The van der Waals surface area contributed by atoms with E-state index >= 15 is 0 Å². The molecule has 22 heavy (non-hydrogen) atoms. The summed E-state index contributed by atoms with van der Waals surface area (Å²) in [5, 5.41) is 10.6. The number of hydrogen-bond acceptors (Lipinski definition) is 3. The maximum atomic E-state index is 5.65. The summed E-state index contributed by atoms with van der Waals surface area (Å²) in [6.45, 7) is 1.90. The molecule has 1 heterocycles. The van der Waals surface area contributed by atoms with Crippen molar-refractivity contribution in [2.45, 2.75) is 6.54 Å². The third-order valence-electron chi connectivity index (χ3n) is 3.06. The van der Waals surface area contributed by atoms with Crippen LogP contribution in [-0.4, -0.2) is 35.9 Å². The van der Waals surface area contributed by atoms with Crippen LogP contribution in [-0.2, 0) is 13.6 Å². The van der Waals surface area contributed by atoms with Crippen LogP contribution in [0.25, 0.3) is 0 Å². The fraction of sp³-hybridized carbons (Fsp3) is 0.333. The molecule has 0 aliphatic rings. The van der Waals surface area contributed by atoms with E-state index in [1.807, 2.05) is 42.1 Å². The van der Waals surface area contributed by atoms with Gasteiger partial charge >= 0.3 is 0 Å². The average molecular weight is 366 g/mol. The van der Waals surface area contributed by atoms with Crippen molar-refractivity contribution in [3.8, 4) is 5.75 Å². The molecule has 0 fully saturated rings. The lowest BCUT2D eigenvalue weighted by Crippen LogP contribution is -2.39. The van der Waals surface area contributed by atoms with Gasteiger partial charge in [-0.25, -0.2) is 0 Å². The maximum Gasteiger partial charge on any atom is 0.191 e. The van der Waals surface area contributed by atoms with Gasteiger partial charge in [-0.3, -0.25) is 9.67 Å². The van der Waals surface area contributed by atoms with Gasteiger partial charge in [-0.2, -0.15) is 5.10 Å². The minimum atomic E-state index is 0.564. The highest BCUT2D eigenvalue weighted by atomic mass is 79.9. The van der Waals surface area contributed by atoms with E-state index in [0.29, 0.717) is 19.7 Å². The van der Waals surface area contributed by atoms with Gasteiger partial charge in [0.25, 0.3) is 0 Å². The van der Waals surface area contributed by atoms with E-state index in [9.17, 15) is 0 Å². The molecule has 2 rings (SSSR count). The van der Waals surface area contributed by atoms with Gasteiger partial charge in [-0.15, -0.1) is 0 Å². The Kier molecular flexibility index (Phi) is 6.27. The largest absolute Gasteiger partial charge is 0.492 e. The first-order chi connectivity index (χ1) is 10.7. The Hall–Kier alpha value is -2.02. The van der Waals surface area contributed by atoms with Gasteiger partial charge in [0, 0.05) is 24.8 Å². The van der Waals surface area contributed by atoms with Gasteiger partial charge in [0.05, 0.1) is 18.8 Å². The highest BCUT2D eigenvalue weighted by Crippen LogP contribution is 2.15. The predicted octanol–water partition coefficient (Wildman–Crippen LogP) is 1.93. The summed E-state index contributed by atoms with van der Waals surface area (Å²) in [5.74, 6) is 1.59. The van der Waals surface area contributed by atoms with Crippen LogP contribution in [0.4, 0.5) is 0 Å². The first-order valence-corrected chi connectivity index (χ1v) is 7.78. The molecule has 0 unspecified atom stereocenters. The zero-order chi connectivity index (χ0) is 15.8. The highest BCUT2D eigenvalue weighted by Gasteiger charge is 2.01. The van der Waals surface area contributed by atoms with Gasteiger partial charge in [0.15, 0.2) is 5.96 Å². The summed E-state index contributed by atoms with van der Waals surface area (Å²) >= 11 is 3.40. The minimum absolute atomic E-state index is 0.564. The quantitative estimate of drug-likeness (QED) is 0.466. The topological polar surface area (TPSA) is 63.5 Å². The smallest absolute Gasteiger partial charge is 0.191 e. The molecule has 2 N–H and O–H groups in total. The summed E-state index contributed by atoms with van der Waals surface area (Å²) in [4.78, 5) is 4.18. The number of ether oxygens (including phenoxy) is 1. The molecule has 0 radical (unpaired) electrons. The van der Waals surface area contributed by atoms with Crippen LogP contribution >= 0.6 is 15.9 Å². The Morgan fingerprint density at radius 3 is 2.68 bits per heavy atom. The van der Waals surface area contributed by atoms with E-state index in [4.69, 9.17) is 4.74 Å². The summed E-state index contributed by atoms with van der Waals surface area (Å²) in [6.07, 6.45) is 1.78. The standard InChI is InChI=1S/C15H20BrN5O/c1-17-15(19-11-13-7-8-20-21(13)2)18-9-10-22-14-5-3-12(16)4-6-14/h3-8H,9-11H2,1-2H3,(H2,17,18,19). The predicted molar refractivity (Wildman–Crippen MR) is 91.0 cm³/mol. The number of aryl methyl sites for hydroxylation is 1. The molecule has 0 amide bonds. The molecule has 2 aromatic rings. The van der Waals surface area contributed by atoms with E-state index < -0.39 is 0 Å². The Balaban J connectivity index is 1.68. The first kappa shape index (κ1) is 16.4. The Morgan fingerprint density at radius 2 is 2.05 bits per heavy atom. The van der Waals surface area contributed by atoms with Crippen molar-refractivity contribution < 1.29 is 4.74 Å². The van der Waals surface area contributed by atoms with Gasteiger partial charge < -0.3 is 15.4 Å². The average Bonchev–Trinajstić information content (AvgIpc) is 2.93. The number of nitrogens with zero attached hydrogens (tertiary/aromatic N) is 3.